The number of methoxy groups -OCH3 is 1. The Bertz CT molecular complexity index is 902. The third-order valence-corrected chi connectivity index (χ3v) is 4.63. The molecule has 0 radical (unpaired) electrons. The fraction of sp³-hybridized carbons (Fsp3) is 0.250. The summed E-state index contributed by atoms with van der Waals surface area (Å²) < 4.78 is 11.1. The minimum absolute atomic E-state index is 0.229. The Kier molecular flexibility index (Phi) is 4.15. The minimum Gasteiger partial charge on any atom is -0.488 e. The number of hydrogen-bond donors (Lipinski definition) is 2. The average Bonchev–Trinajstić information content (AvgIpc) is 3.05. The van der Waals surface area contributed by atoms with Crippen LogP contribution >= 0.6 is 0 Å². The van der Waals surface area contributed by atoms with Gasteiger partial charge in [0.05, 0.1) is 13.0 Å². The van der Waals surface area contributed by atoms with Gasteiger partial charge < -0.3 is 19.8 Å². The molecule has 5 nitrogen and oxygen atoms in total. The maximum absolute atomic E-state index is 12.2. The van der Waals surface area contributed by atoms with E-state index < -0.39 is 0 Å². The number of carbonyl (C=O) groups is 1. The second-order valence-corrected chi connectivity index (χ2v) is 6.18. The normalized spacial score (nSPS) is 16.4. The average molecular weight is 336 g/mol. The lowest BCUT2D eigenvalue weighted by molar-refractivity contribution is -0.142. The number of rotatable bonds is 4. The molecule has 0 saturated carbocycles. The number of nitrogens with one attached hydrogen (secondary N) is 2. The van der Waals surface area contributed by atoms with Crippen molar-refractivity contribution in [2.75, 3.05) is 13.7 Å². The van der Waals surface area contributed by atoms with Gasteiger partial charge in [-0.3, -0.25) is 4.79 Å². The van der Waals surface area contributed by atoms with Crippen LogP contribution in [0, 0.1) is 0 Å². The Hall–Kier alpha value is -2.79. The quantitative estimate of drug-likeness (QED) is 0.719. The molecule has 0 saturated heterocycles. The number of esters is 1. The summed E-state index contributed by atoms with van der Waals surface area (Å²) in [6.07, 6.45) is 0. The highest BCUT2D eigenvalue weighted by Crippen LogP contribution is 2.38. The molecule has 1 unspecified atom stereocenters. The van der Waals surface area contributed by atoms with Gasteiger partial charge >= 0.3 is 5.97 Å². The summed E-state index contributed by atoms with van der Waals surface area (Å²) in [6, 6.07) is 16.0. The first kappa shape index (κ1) is 15.7. The highest BCUT2D eigenvalue weighted by Gasteiger charge is 2.31. The fourth-order valence-corrected chi connectivity index (χ4v) is 3.46. The lowest BCUT2D eigenvalue weighted by atomic mass is 9.92. The SMILES string of the molecule is COC(=O)C1CNCc2[nH]c3cccc(OCc4ccccc4)c3c21. The predicted octanol–water partition coefficient (Wildman–Crippen LogP) is 3.11. The van der Waals surface area contributed by atoms with Crippen LogP contribution in [0.4, 0.5) is 0 Å². The monoisotopic (exact) mass is 336 g/mol. The molecule has 1 aliphatic rings. The highest BCUT2D eigenvalue weighted by molar-refractivity contribution is 5.95. The lowest BCUT2D eigenvalue weighted by Gasteiger charge is -2.22. The Labute approximate surface area is 146 Å². The molecule has 0 spiro atoms. The lowest BCUT2D eigenvalue weighted by Crippen LogP contribution is -2.33. The zero-order valence-electron chi connectivity index (χ0n) is 14.0. The first-order valence-electron chi connectivity index (χ1n) is 8.36. The van der Waals surface area contributed by atoms with Gasteiger partial charge in [0.15, 0.2) is 0 Å². The van der Waals surface area contributed by atoms with Crippen LogP contribution in [0.2, 0.25) is 0 Å². The van der Waals surface area contributed by atoms with Crippen molar-refractivity contribution in [3.05, 3.63) is 65.4 Å². The molecular formula is C20H20N2O3. The Morgan fingerprint density at radius 2 is 2.00 bits per heavy atom. The van der Waals surface area contributed by atoms with Gasteiger partial charge in [0, 0.05) is 35.2 Å². The highest BCUT2D eigenvalue weighted by atomic mass is 16.5. The second kappa shape index (κ2) is 6.61. The number of H-pyrrole nitrogens is 1. The first-order chi connectivity index (χ1) is 12.3. The summed E-state index contributed by atoms with van der Waals surface area (Å²) >= 11 is 0. The van der Waals surface area contributed by atoms with Crippen molar-refractivity contribution in [3.63, 3.8) is 0 Å². The second-order valence-electron chi connectivity index (χ2n) is 6.18. The zero-order valence-corrected chi connectivity index (χ0v) is 14.0. The van der Waals surface area contributed by atoms with E-state index >= 15 is 0 Å². The van der Waals surface area contributed by atoms with E-state index in [2.05, 4.69) is 10.3 Å². The van der Waals surface area contributed by atoms with E-state index in [9.17, 15) is 4.79 Å². The Morgan fingerprint density at radius 1 is 1.16 bits per heavy atom. The molecule has 0 amide bonds. The smallest absolute Gasteiger partial charge is 0.314 e. The molecule has 2 heterocycles. The number of aromatic amines is 1. The third-order valence-electron chi connectivity index (χ3n) is 4.63. The number of ether oxygens (including phenoxy) is 2. The van der Waals surface area contributed by atoms with Crippen LogP contribution in [0.15, 0.2) is 48.5 Å². The summed E-state index contributed by atoms with van der Waals surface area (Å²) in [7, 11) is 1.43. The van der Waals surface area contributed by atoms with Crippen LogP contribution in [0.5, 0.6) is 5.75 Å². The maximum Gasteiger partial charge on any atom is 0.314 e. The fourth-order valence-electron chi connectivity index (χ4n) is 3.46. The van der Waals surface area contributed by atoms with Crippen molar-refractivity contribution >= 4 is 16.9 Å². The van der Waals surface area contributed by atoms with Gasteiger partial charge in [-0.05, 0) is 17.7 Å². The molecule has 1 aromatic heterocycles. The largest absolute Gasteiger partial charge is 0.488 e. The van der Waals surface area contributed by atoms with Gasteiger partial charge in [0.25, 0.3) is 0 Å². The summed E-state index contributed by atoms with van der Waals surface area (Å²) in [5, 5.41) is 4.25. The maximum atomic E-state index is 12.2. The molecule has 4 rings (SSSR count). The third kappa shape index (κ3) is 2.87. The van der Waals surface area contributed by atoms with E-state index in [1.165, 1.54) is 7.11 Å². The molecule has 5 heteroatoms. The predicted molar refractivity (Wildman–Crippen MR) is 95.5 cm³/mol. The number of benzene rings is 2. The van der Waals surface area contributed by atoms with Crippen molar-refractivity contribution in [1.29, 1.82) is 0 Å². The molecule has 1 aliphatic heterocycles. The molecule has 2 aromatic carbocycles. The van der Waals surface area contributed by atoms with Crippen LogP contribution in [0.3, 0.4) is 0 Å². The van der Waals surface area contributed by atoms with Crippen molar-refractivity contribution in [2.45, 2.75) is 19.1 Å². The van der Waals surface area contributed by atoms with Gasteiger partial charge in [-0.2, -0.15) is 0 Å². The van der Waals surface area contributed by atoms with E-state index in [0.717, 1.165) is 33.5 Å². The van der Waals surface area contributed by atoms with E-state index in [4.69, 9.17) is 9.47 Å². The van der Waals surface area contributed by atoms with E-state index in [0.29, 0.717) is 19.7 Å². The number of hydrogen-bond acceptors (Lipinski definition) is 4. The summed E-state index contributed by atoms with van der Waals surface area (Å²) in [5.74, 6) is 0.228. The Balaban J connectivity index is 1.75. The van der Waals surface area contributed by atoms with E-state index in [1.54, 1.807) is 0 Å². The van der Waals surface area contributed by atoms with Crippen LogP contribution in [0.1, 0.15) is 22.7 Å². The summed E-state index contributed by atoms with van der Waals surface area (Å²) in [4.78, 5) is 15.7. The van der Waals surface area contributed by atoms with E-state index in [1.807, 2.05) is 48.5 Å². The standard InChI is InChI=1S/C20H20N2O3/c1-24-20(23)14-10-21-11-16-18(14)19-15(22-16)8-5-9-17(19)25-12-13-6-3-2-4-7-13/h2-9,14,21-22H,10-12H2,1H3. The summed E-state index contributed by atoms with van der Waals surface area (Å²) in [5.41, 5.74) is 4.10. The molecule has 0 bridgehead atoms. The van der Waals surface area contributed by atoms with Crippen LogP contribution in [0.25, 0.3) is 10.9 Å². The molecule has 3 aromatic rings. The molecule has 25 heavy (non-hydrogen) atoms. The van der Waals surface area contributed by atoms with Gasteiger partial charge in [-0.15, -0.1) is 0 Å². The number of aromatic nitrogens is 1. The zero-order chi connectivity index (χ0) is 17.2. The van der Waals surface area contributed by atoms with Gasteiger partial charge in [0.2, 0.25) is 0 Å². The van der Waals surface area contributed by atoms with Crippen LogP contribution in [-0.4, -0.2) is 24.6 Å². The molecule has 2 N–H and O–H groups in total. The van der Waals surface area contributed by atoms with Crippen LogP contribution < -0.4 is 10.1 Å². The number of carbonyl (C=O) groups excluding carboxylic acids is 1. The van der Waals surface area contributed by atoms with Crippen LogP contribution in [-0.2, 0) is 22.7 Å². The van der Waals surface area contributed by atoms with Crippen molar-refractivity contribution in [3.8, 4) is 5.75 Å². The Morgan fingerprint density at radius 3 is 2.80 bits per heavy atom. The molecule has 0 fully saturated rings. The van der Waals surface area contributed by atoms with Gasteiger partial charge in [-0.1, -0.05) is 36.4 Å². The topological polar surface area (TPSA) is 63.3 Å². The van der Waals surface area contributed by atoms with Crippen molar-refractivity contribution in [1.82, 2.24) is 10.3 Å². The van der Waals surface area contributed by atoms with Crippen molar-refractivity contribution in [2.24, 2.45) is 0 Å². The first-order valence-corrected chi connectivity index (χ1v) is 8.36. The molecule has 0 aliphatic carbocycles. The van der Waals surface area contributed by atoms with Crippen molar-refractivity contribution < 1.29 is 14.3 Å². The molecule has 128 valence electrons. The van der Waals surface area contributed by atoms with Gasteiger partial charge in [0.1, 0.15) is 12.4 Å². The molecule has 1 atom stereocenters. The minimum atomic E-state index is -0.330. The van der Waals surface area contributed by atoms with Gasteiger partial charge in [-0.25, -0.2) is 0 Å². The number of fused-ring (bicyclic) bond motifs is 3. The van der Waals surface area contributed by atoms with E-state index in [-0.39, 0.29) is 11.9 Å². The summed E-state index contributed by atoms with van der Waals surface area (Å²) in [6.45, 7) is 1.76. The molecular weight excluding hydrogens is 316 g/mol.